The van der Waals surface area contributed by atoms with Crippen molar-refractivity contribution in [2.45, 2.75) is 27.2 Å². The van der Waals surface area contributed by atoms with Crippen molar-refractivity contribution in [3.05, 3.63) is 75.8 Å². The second-order valence-electron chi connectivity index (χ2n) is 8.32. The molecule has 0 saturated carbocycles. The molecule has 0 amide bonds. The zero-order chi connectivity index (χ0) is 22.4. The largest absolute Gasteiger partial charge is 0.493 e. The van der Waals surface area contributed by atoms with Gasteiger partial charge in [-0.15, -0.1) is 0 Å². The second kappa shape index (κ2) is 9.88. The average molecular weight is 443 g/mol. The molecule has 0 atom stereocenters. The summed E-state index contributed by atoms with van der Waals surface area (Å²) >= 11 is 5.90. The minimum absolute atomic E-state index is 0.0178. The lowest BCUT2D eigenvalue weighted by atomic mass is 9.99. The fourth-order valence-corrected chi connectivity index (χ4v) is 2.96. The smallest absolute Gasteiger partial charge is 0.317 e. The van der Waals surface area contributed by atoms with E-state index in [1.54, 1.807) is 31.5 Å². The highest BCUT2D eigenvalue weighted by molar-refractivity contribution is 6.30. The van der Waals surface area contributed by atoms with Crippen LogP contribution in [0.2, 0.25) is 5.02 Å². The monoisotopic (exact) mass is 442 g/mol. The molecule has 31 heavy (non-hydrogen) atoms. The molecule has 2 aromatic carbocycles. The molecule has 0 bridgehead atoms. The van der Waals surface area contributed by atoms with Crippen LogP contribution in [0.4, 0.5) is 0 Å². The number of nitrogens with zero attached hydrogens (tertiary/aromatic N) is 2. The van der Waals surface area contributed by atoms with E-state index in [1.807, 2.05) is 24.3 Å². The molecule has 164 valence electrons. The molecular formula is C24H27ClN2O4. The van der Waals surface area contributed by atoms with Gasteiger partial charge in [-0.25, -0.2) is 4.98 Å². The van der Waals surface area contributed by atoms with Gasteiger partial charge in [0.2, 0.25) is 0 Å². The van der Waals surface area contributed by atoms with Crippen LogP contribution in [-0.4, -0.2) is 29.9 Å². The summed E-state index contributed by atoms with van der Waals surface area (Å²) in [5.41, 5.74) is 1.37. The molecule has 7 heteroatoms. The van der Waals surface area contributed by atoms with Crippen molar-refractivity contribution in [1.29, 1.82) is 0 Å². The maximum atomic E-state index is 12.9. The minimum atomic E-state index is -0.344. The maximum absolute atomic E-state index is 12.9. The number of aromatic nitrogens is 2. The van der Waals surface area contributed by atoms with Gasteiger partial charge in [-0.1, -0.05) is 44.5 Å². The van der Waals surface area contributed by atoms with Crippen LogP contribution >= 0.6 is 11.6 Å². The van der Waals surface area contributed by atoms with E-state index in [0.717, 1.165) is 5.56 Å². The third kappa shape index (κ3) is 6.25. The second-order valence-corrected chi connectivity index (χ2v) is 8.75. The molecule has 0 unspecified atom stereocenters. The van der Waals surface area contributed by atoms with E-state index in [0.29, 0.717) is 41.8 Å². The quantitative estimate of drug-likeness (QED) is 0.494. The summed E-state index contributed by atoms with van der Waals surface area (Å²) in [7, 11) is 1.57. The Morgan fingerprint density at radius 3 is 2.45 bits per heavy atom. The van der Waals surface area contributed by atoms with Crippen LogP contribution in [0.25, 0.3) is 5.69 Å². The molecule has 3 rings (SSSR count). The number of rotatable bonds is 8. The lowest BCUT2D eigenvalue weighted by Gasteiger charge is -2.20. The molecular weight excluding hydrogens is 416 g/mol. The predicted molar refractivity (Wildman–Crippen MR) is 122 cm³/mol. The molecule has 0 saturated heterocycles. The van der Waals surface area contributed by atoms with E-state index in [2.05, 4.69) is 25.8 Å². The number of ether oxygens (including phenoxy) is 3. The first kappa shape index (κ1) is 22.7. The summed E-state index contributed by atoms with van der Waals surface area (Å²) in [5.74, 6) is 1.22. The minimum Gasteiger partial charge on any atom is -0.493 e. The molecule has 0 radical (unpaired) electrons. The van der Waals surface area contributed by atoms with Crippen molar-refractivity contribution in [2.75, 3.05) is 20.3 Å². The molecule has 0 spiro atoms. The lowest BCUT2D eigenvalue weighted by Crippen LogP contribution is -2.22. The van der Waals surface area contributed by atoms with Gasteiger partial charge in [0.25, 0.3) is 5.88 Å². The third-order valence-electron chi connectivity index (χ3n) is 4.44. The Morgan fingerprint density at radius 2 is 1.77 bits per heavy atom. The standard InChI is InChI=1S/C24H27ClN2O4/c1-24(2,3)16-31-20-10-9-19(15-21(20)29-4)27-13-12-26-22(23(27)28)30-14-11-17-5-7-18(25)8-6-17/h5-10,12-13,15H,11,14,16H2,1-4H3. The van der Waals surface area contributed by atoms with Gasteiger partial charge in [0.05, 0.1) is 26.0 Å². The number of halogens is 1. The summed E-state index contributed by atoms with van der Waals surface area (Å²) < 4.78 is 18.5. The average Bonchev–Trinajstić information content (AvgIpc) is 2.74. The summed E-state index contributed by atoms with van der Waals surface area (Å²) in [6, 6.07) is 12.9. The number of hydrogen-bond donors (Lipinski definition) is 0. The Hall–Kier alpha value is -2.99. The van der Waals surface area contributed by atoms with Crippen LogP contribution < -0.4 is 19.8 Å². The van der Waals surface area contributed by atoms with Crippen LogP contribution in [0, 0.1) is 5.41 Å². The van der Waals surface area contributed by atoms with E-state index < -0.39 is 0 Å². The van der Waals surface area contributed by atoms with E-state index in [1.165, 1.54) is 10.8 Å². The molecule has 3 aromatic rings. The Morgan fingerprint density at radius 1 is 1.03 bits per heavy atom. The van der Waals surface area contributed by atoms with Gasteiger partial charge in [0.15, 0.2) is 11.5 Å². The van der Waals surface area contributed by atoms with Gasteiger partial charge >= 0.3 is 5.56 Å². The third-order valence-corrected chi connectivity index (χ3v) is 4.69. The first-order chi connectivity index (χ1) is 14.8. The zero-order valence-corrected chi connectivity index (χ0v) is 19.0. The van der Waals surface area contributed by atoms with Crippen LogP contribution in [-0.2, 0) is 6.42 Å². The number of methoxy groups -OCH3 is 1. The Balaban J connectivity index is 1.75. The zero-order valence-electron chi connectivity index (χ0n) is 18.2. The molecule has 0 fully saturated rings. The van der Waals surface area contributed by atoms with Crippen LogP contribution in [0.3, 0.4) is 0 Å². The molecule has 0 aliphatic carbocycles. The first-order valence-corrected chi connectivity index (χ1v) is 10.4. The molecule has 0 aliphatic heterocycles. The van der Waals surface area contributed by atoms with Crippen molar-refractivity contribution in [1.82, 2.24) is 9.55 Å². The summed E-state index contributed by atoms with van der Waals surface area (Å²) in [4.78, 5) is 17.0. The van der Waals surface area contributed by atoms with Crippen molar-refractivity contribution >= 4 is 11.6 Å². The van der Waals surface area contributed by atoms with E-state index >= 15 is 0 Å². The van der Waals surface area contributed by atoms with E-state index in [-0.39, 0.29) is 16.9 Å². The van der Waals surface area contributed by atoms with Gasteiger partial charge < -0.3 is 14.2 Å². The van der Waals surface area contributed by atoms with Crippen molar-refractivity contribution < 1.29 is 14.2 Å². The molecule has 6 nitrogen and oxygen atoms in total. The molecule has 0 aliphatic rings. The Labute approximate surface area is 187 Å². The predicted octanol–water partition coefficient (Wildman–Crippen LogP) is 4.94. The summed E-state index contributed by atoms with van der Waals surface area (Å²) in [5, 5.41) is 0.683. The first-order valence-electron chi connectivity index (χ1n) is 10.0. The summed E-state index contributed by atoms with van der Waals surface area (Å²) in [6.45, 7) is 7.16. The Bertz CT molecular complexity index is 1070. The van der Waals surface area contributed by atoms with E-state index in [4.69, 9.17) is 25.8 Å². The number of benzene rings is 2. The maximum Gasteiger partial charge on any atom is 0.317 e. The van der Waals surface area contributed by atoms with Gasteiger partial charge in [-0.05, 0) is 35.2 Å². The summed E-state index contributed by atoms with van der Waals surface area (Å²) in [6.07, 6.45) is 3.77. The van der Waals surface area contributed by atoms with Gasteiger partial charge in [-0.3, -0.25) is 9.36 Å². The Kier molecular flexibility index (Phi) is 7.23. The number of hydrogen-bond acceptors (Lipinski definition) is 5. The fourth-order valence-electron chi connectivity index (χ4n) is 2.83. The van der Waals surface area contributed by atoms with E-state index in [9.17, 15) is 4.79 Å². The SMILES string of the molecule is COc1cc(-n2ccnc(OCCc3ccc(Cl)cc3)c2=O)ccc1OCC(C)(C)C. The van der Waals surface area contributed by atoms with Crippen molar-refractivity contribution in [2.24, 2.45) is 5.41 Å². The fraction of sp³-hybridized carbons (Fsp3) is 0.333. The van der Waals surface area contributed by atoms with Gasteiger partial charge in [0, 0.05) is 29.9 Å². The molecule has 0 N–H and O–H groups in total. The lowest BCUT2D eigenvalue weighted by molar-refractivity contribution is 0.191. The highest BCUT2D eigenvalue weighted by Crippen LogP contribution is 2.30. The topological polar surface area (TPSA) is 62.6 Å². The molecule has 1 aromatic heterocycles. The van der Waals surface area contributed by atoms with Crippen molar-refractivity contribution in [3.8, 4) is 23.1 Å². The van der Waals surface area contributed by atoms with Gasteiger partial charge in [-0.2, -0.15) is 0 Å². The highest BCUT2D eigenvalue weighted by Gasteiger charge is 2.15. The molecule has 1 heterocycles. The normalized spacial score (nSPS) is 11.3. The highest BCUT2D eigenvalue weighted by atomic mass is 35.5. The van der Waals surface area contributed by atoms with Crippen LogP contribution in [0.1, 0.15) is 26.3 Å². The van der Waals surface area contributed by atoms with Crippen LogP contribution in [0.5, 0.6) is 17.4 Å². The van der Waals surface area contributed by atoms with Crippen molar-refractivity contribution in [3.63, 3.8) is 0 Å². The van der Waals surface area contributed by atoms with Crippen LogP contribution in [0.15, 0.2) is 59.7 Å². The van der Waals surface area contributed by atoms with Gasteiger partial charge in [0.1, 0.15) is 0 Å².